The summed E-state index contributed by atoms with van der Waals surface area (Å²) in [7, 11) is 0. The van der Waals surface area contributed by atoms with Crippen LogP contribution in [0.25, 0.3) is 0 Å². The predicted molar refractivity (Wildman–Crippen MR) is 83.6 cm³/mol. The molecule has 1 aromatic carbocycles. The fourth-order valence-corrected chi connectivity index (χ4v) is 2.07. The molecule has 0 bridgehead atoms. The number of carboxylic acids is 1. The lowest BCUT2D eigenvalue weighted by molar-refractivity contribution is -0.138. The van der Waals surface area contributed by atoms with Gasteiger partial charge in [0.2, 0.25) is 11.7 Å². The fourth-order valence-electron chi connectivity index (χ4n) is 2.07. The zero-order chi connectivity index (χ0) is 17.7. The number of carbonyl (C=O) groups is 2. The minimum atomic E-state index is -1.06. The summed E-state index contributed by atoms with van der Waals surface area (Å²) in [5.74, 6) is -0.120. The maximum Gasteiger partial charge on any atom is 0.323 e. The lowest BCUT2D eigenvalue weighted by Gasteiger charge is -2.25. The minimum Gasteiger partial charge on any atom is -0.485 e. The van der Waals surface area contributed by atoms with Crippen LogP contribution in [0.3, 0.4) is 0 Å². The molecule has 0 saturated carbocycles. The molecule has 128 valence electrons. The SMILES string of the molecule is Cc1nc(COc2cccc(C(=O)N(CC(=O)O)C(C)C)c2)no1. The highest BCUT2D eigenvalue weighted by atomic mass is 16.5. The number of carbonyl (C=O) groups excluding carboxylic acids is 1. The lowest BCUT2D eigenvalue weighted by atomic mass is 10.1. The van der Waals surface area contributed by atoms with Gasteiger partial charge in [-0.05, 0) is 32.0 Å². The van der Waals surface area contributed by atoms with Gasteiger partial charge < -0.3 is 19.3 Å². The third-order valence-electron chi connectivity index (χ3n) is 3.21. The second kappa shape index (κ2) is 7.58. The zero-order valence-corrected chi connectivity index (χ0v) is 13.7. The van der Waals surface area contributed by atoms with E-state index in [2.05, 4.69) is 10.1 Å². The van der Waals surface area contributed by atoms with Gasteiger partial charge in [0.25, 0.3) is 5.91 Å². The van der Waals surface area contributed by atoms with E-state index in [1.807, 2.05) is 0 Å². The number of aryl methyl sites for hydroxylation is 1. The Kier molecular flexibility index (Phi) is 5.51. The minimum absolute atomic E-state index is 0.109. The first-order valence-corrected chi connectivity index (χ1v) is 7.41. The normalized spacial score (nSPS) is 10.7. The van der Waals surface area contributed by atoms with Crippen molar-refractivity contribution >= 4 is 11.9 Å². The number of aromatic nitrogens is 2. The Bertz CT molecular complexity index is 726. The van der Waals surface area contributed by atoms with Crippen molar-refractivity contribution in [1.29, 1.82) is 0 Å². The van der Waals surface area contributed by atoms with Crippen LogP contribution in [0.1, 0.15) is 35.9 Å². The van der Waals surface area contributed by atoms with Crippen molar-refractivity contribution in [2.75, 3.05) is 6.54 Å². The summed E-state index contributed by atoms with van der Waals surface area (Å²) in [5, 5.41) is 12.7. The molecule has 1 aromatic heterocycles. The number of benzene rings is 1. The molecule has 1 amide bonds. The average Bonchev–Trinajstić information content (AvgIpc) is 2.95. The van der Waals surface area contributed by atoms with E-state index in [4.69, 9.17) is 14.4 Å². The first-order chi connectivity index (χ1) is 11.4. The van der Waals surface area contributed by atoms with E-state index < -0.39 is 5.97 Å². The second-order valence-corrected chi connectivity index (χ2v) is 5.47. The van der Waals surface area contributed by atoms with Crippen LogP contribution in [-0.2, 0) is 11.4 Å². The van der Waals surface area contributed by atoms with Gasteiger partial charge in [0.1, 0.15) is 12.3 Å². The van der Waals surface area contributed by atoms with Crippen LogP contribution in [0, 0.1) is 6.92 Å². The summed E-state index contributed by atoms with van der Waals surface area (Å²) in [6.45, 7) is 4.96. The summed E-state index contributed by atoms with van der Waals surface area (Å²) in [5.41, 5.74) is 0.353. The number of nitrogens with zero attached hydrogens (tertiary/aromatic N) is 3. The Morgan fingerprint density at radius 1 is 1.38 bits per heavy atom. The highest BCUT2D eigenvalue weighted by molar-refractivity contribution is 5.96. The molecule has 0 atom stereocenters. The number of aliphatic carboxylic acids is 1. The van der Waals surface area contributed by atoms with Gasteiger partial charge in [0.15, 0.2) is 6.61 Å². The fraction of sp³-hybridized carbons (Fsp3) is 0.375. The van der Waals surface area contributed by atoms with Crippen LogP contribution in [0.4, 0.5) is 0 Å². The van der Waals surface area contributed by atoms with E-state index in [9.17, 15) is 9.59 Å². The molecule has 8 heteroatoms. The predicted octanol–water partition coefficient (Wildman–Crippen LogP) is 1.89. The van der Waals surface area contributed by atoms with Crippen LogP contribution < -0.4 is 4.74 Å². The van der Waals surface area contributed by atoms with Gasteiger partial charge in [-0.2, -0.15) is 4.98 Å². The topological polar surface area (TPSA) is 106 Å². The molecule has 0 aliphatic heterocycles. The smallest absolute Gasteiger partial charge is 0.323 e. The van der Waals surface area contributed by atoms with E-state index in [1.54, 1.807) is 45.0 Å². The average molecular weight is 333 g/mol. The van der Waals surface area contributed by atoms with Gasteiger partial charge in [0, 0.05) is 18.5 Å². The van der Waals surface area contributed by atoms with E-state index in [-0.39, 0.29) is 25.1 Å². The van der Waals surface area contributed by atoms with Gasteiger partial charge >= 0.3 is 5.97 Å². The van der Waals surface area contributed by atoms with Crippen LogP contribution in [0.15, 0.2) is 28.8 Å². The number of amides is 1. The summed E-state index contributed by atoms with van der Waals surface area (Å²) in [6, 6.07) is 6.31. The third kappa shape index (κ3) is 4.55. The second-order valence-electron chi connectivity index (χ2n) is 5.47. The quantitative estimate of drug-likeness (QED) is 0.824. The van der Waals surface area contributed by atoms with E-state index in [1.165, 1.54) is 4.90 Å². The van der Waals surface area contributed by atoms with Crippen molar-refractivity contribution < 1.29 is 24.0 Å². The van der Waals surface area contributed by atoms with Crippen molar-refractivity contribution in [3.05, 3.63) is 41.5 Å². The first kappa shape index (κ1) is 17.5. The largest absolute Gasteiger partial charge is 0.485 e. The molecule has 0 radical (unpaired) electrons. The molecule has 0 fully saturated rings. The zero-order valence-electron chi connectivity index (χ0n) is 13.7. The van der Waals surface area contributed by atoms with Crippen molar-refractivity contribution in [2.45, 2.75) is 33.4 Å². The number of carboxylic acid groups (broad SMARTS) is 1. The van der Waals surface area contributed by atoms with E-state index in [0.29, 0.717) is 23.0 Å². The molecule has 2 rings (SSSR count). The van der Waals surface area contributed by atoms with Crippen molar-refractivity contribution in [3.63, 3.8) is 0 Å². The highest BCUT2D eigenvalue weighted by Crippen LogP contribution is 2.17. The Morgan fingerprint density at radius 3 is 2.71 bits per heavy atom. The van der Waals surface area contributed by atoms with Gasteiger partial charge in [-0.1, -0.05) is 11.2 Å². The standard InChI is InChI=1S/C16H19N3O5/c1-10(2)19(8-15(20)21)16(22)12-5-4-6-13(7-12)23-9-14-17-11(3)24-18-14/h4-7,10H,8-9H2,1-3H3,(H,20,21). The van der Waals surface area contributed by atoms with Crippen LogP contribution in [0.2, 0.25) is 0 Å². The summed E-state index contributed by atoms with van der Waals surface area (Å²) >= 11 is 0. The van der Waals surface area contributed by atoms with Crippen molar-refractivity contribution in [1.82, 2.24) is 15.0 Å². The van der Waals surface area contributed by atoms with Crippen LogP contribution in [-0.4, -0.2) is 44.6 Å². The Hall–Kier alpha value is -2.90. The number of rotatable bonds is 7. The molecule has 0 spiro atoms. The van der Waals surface area contributed by atoms with Gasteiger partial charge in [-0.15, -0.1) is 0 Å². The van der Waals surface area contributed by atoms with Gasteiger partial charge in [-0.3, -0.25) is 9.59 Å². The van der Waals surface area contributed by atoms with Crippen molar-refractivity contribution in [2.24, 2.45) is 0 Å². The molecule has 1 heterocycles. The molecular formula is C16H19N3O5. The lowest BCUT2D eigenvalue weighted by Crippen LogP contribution is -2.40. The van der Waals surface area contributed by atoms with Crippen molar-refractivity contribution in [3.8, 4) is 5.75 Å². The van der Waals surface area contributed by atoms with E-state index in [0.717, 1.165) is 0 Å². The molecule has 24 heavy (non-hydrogen) atoms. The monoisotopic (exact) mass is 333 g/mol. The Labute approximate surface area is 139 Å². The number of hydrogen-bond acceptors (Lipinski definition) is 6. The number of ether oxygens (including phenoxy) is 1. The molecule has 2 aromatic rings. The summed E-state index contributed by atoms with van der Waals surface area (Å²) < 4.78 is 10.4. The molecule has 1 N–H and O–H groups in total. The van der Waals surface area contributed by atoms with E-state index >= 15 is 0 Å². The Balaban J connectivity index is 2.10. The van der Waals surface area contributed by atoms with Crippen LogP contribution in [0.5, 0.6) is 5.75 Å². The van der Waals surface area contributed by atoms with Gasteiger partial charge in [0.05, 0.1) is 0 Å². The maximum atomic E-state index is 12.5. The third-order valence-corrected chi connectivity index (χ3v) is 3.21. The molecule has 0 aliphatic carbocycles. The summed E-state index contributed by atoms with van der Waals surface area (Å²) in [4.78, 5) is 28.8. The first-order valence-electron chi connectivity index (χ1n) is 7.41. The highest BCUT2D eigenvalue weighted by Gasteiger charge is 2.21. The molecule has 0 unspecified atom stereocenters. The van der Waals surface area contributed by atoms with Gasteiger partial charge in [-0.25, -0.2) is 0 Å². The molecular weight excluding hydrogens is 314 g/mol. The Morgan fingerprint density at radius 2 is 2.12 bits per heavy atom. The van der Waals surface area contributed by atoms with Crippen LogP contribution >= 0.6 is 0 Å². The maximum absolute atomic E-state index is 12.5. The molecule has 8 nitrogen and oxygen atoms in total. The molecule has 0 aliphatic rings. The number of hydrogen-bond donors (Lipinski definition) is 1. The molecule has 0 saturated heterocycles. The summed E-state index contributed by atoms with van der Waals surface area (Å²) in [6.07, 6.45) is 0.